The van der Waals surface area contributed by atoms with E-state index in [4.69, 9.17) is 5.11 Å². The fourth-order valence-electron chi connectivity index (χ4n) is 2.63. The largest absolute Gasteiger partial charge is 0.392 e. The molecule has 1 aliphatic rings. The Morgan fingerprint density at radius 2 is 2.05 bits per heavy atom. The molecule has 0 spiro atoms. The Morgan fingerprint density at radius 3 is 2.67 bits per heavy atom. The Balaban J connectivity index is 2.51. The lowest BCUT2D eigenvalue weighted by molar-refractivity contribution is 0.217. The second-order valence-corrected chi connectivity index (χ2v) is 8.42. The molecular weight excluding hydrogens is 361 g/mol. The zero-order chi connectivity index (χ0) is 15.8. The van der Waals surface area contributed by atoms with E-state index < -0.39 is 22.4 Å². The molecule has 1 saturated heterocycles. The molecule has 7 heteroatoms. The SMILES string of the molecule is CC1CCC(C)N(S(=O)(=O)c2cc(Br)cc(CO)c2F)C1. The van der Waals surface area contributed by atoms with Gasteiger partial charge < -0.3 is 5.11 Å². The first-order valence-electron chi connectivity index (χ1n) is 6.88. The molecule has 0 aromatic heterocycles. The molecular formula is C14H19BrFNO3S. The Hall–Kier alpha value is -0.500. The summed E-state index contributed by atoms with van der Waals surface area (Å²) in [7, 11) is -3.91. The first-order valence-corrected chi connectivity index (χ1v) is 9.11. The van der Waals surface area contributed by atoms with E-state index in [0.717, 1.165) is 12.8 Å². The summed E-state index contributed by atoms with van der Waals surface area (Å²) in [5.41, 5.74) is -0.0272. The van der Waals surface area contributed by atoms with Crippen molar-refractivity contribution in [1.29, 1.82) is 0 Å². The Kier molecular flexibility index (Phi) is 5.07. The van der Waals surface area contributed by atoms with Crippen molar-refractivity contribution in [3.05, 3.63) is 28.0 Å². The number of aliphatic hydroxyl groups excluding tert-OH is 1. The first kappa shape index (κ1) is 16.9. The molecule has 2 atom stereocenters. The van der Waals surface area contributed by atoms with Crippen LogP contribution in [0.4, 0.5) is 4.39 Å². The predicted molar refractivity (Wildman–Crippen MR) is 81.8 cm³/mol. The third-order valence-corrected chi connectivity index (χ3v) is 6.33. The van der Waals surface area contributed by atoms with Gasteiger partial charge in [0.2, 0.25) is 10.0 Å². The molecule has 1 heterocycles. The molecule has 1 aliphatic heterocycles. The summed E-state index contributed by atoms with van der Waals surface area (Å²) in [4.78, 5) is -0.373. The molecule has 4 nitrogen and oxygen atoms in total. The van der Waals surface area contributed by atoms with E-state index in [9.17, 15) is 12.8 Å². The highest BCUT2D eigenvalue weighted by atomic mass is 79.9. The molecule has 21 heavy (non-hydrogen) atoms. The maximum absolute atomic E-state index is 14.3. The van der Waals surface area contributed by atoms with E-state index in [1.165, 1.54) is 16.4 Å². The third-order valence-electron chi connectivity index (χ3n) is 3.90. The minimum atomic E-state index is -3.91. The van der Waals surface area contributed by atoms with Gasteiger partial charge >= 0.3 is 0 Å². The van der Waals surface area contributed by atoms with Gasteiger partial charge in [0.05, 0.1) is 6.61 Å². The van der Waals surface area contributed by atoms with E-state index in [0.29, 0.717) is 11.0 Å². The molecule has 0 bridgehead atoms. The van der Waals surface area contributed by atoms with Crippen molar-refractivity contribution in [3.63, 3.8) is 0 Å². The van der Waals surface area contributed by atoms with Crippen LogP contribution < -0.4 is 0 Å². The summed E-state index contributed by atoms with van der Waals surface area (Å²) < 4.78 is 41.7. The first-order chi connectivity index (χ1) is 9.77. The summed E-state index contributed by atoms with van der Waals surface area (Å²) in [5, 5.41) is 9.17. The average Bonchev–Trinajstić information content (AvgIpc) is 2.43. The van der Waals surface area contributed by atoms with Crippen LogP contribution in [0.1, 0.15) is 32.3 Å². The molecule has 1 N–H and O–H groups in total. The zero-order valence-corrected chi connectivity index (χ0v) is 14.4. The molecule has 2 unspecified atom stereocenters. The Morgan fingerprint density at radius 1 is 1.38 bits per heavy atom. The molecule has 0 saturated carbocycles. The average molecular weight is 380 g/mol. The summed E-state index contributed by atoms with van der Waals surface area (Å²) >= 11 is 3.17. The van der Waals surface area contributed by atoms with Crippen molar-refractivity contribution in [2.75, 3.05) is 6.54 Å². The maximum Gasteiger partial charge on any atom is 0.246 e. The number of hydrogen-bond acceptors (Lipinski definition) is 3. The van der Waals surface area contributed by atoms with Crippen LogP contribution in [0.25, 0.3) is 0 Å². The van der Waals surface area contributed by atoms with E-state index in [-0.39, 0.29) is 22.4 Å². The normalized spacial score (nSPS) is 24.2. The highest BCUT2D eigenvalue weighted by Gasteiger charge is 2.35. The number of benzene rings is 1. The summed E-state index contributed by atoms with van der Waals surface area (Å²) in [5.74, 6) is -0.616. The van der Waals surface area contributed by atoms with Crippen LogP contribution in [0.2, 0.25) is 0 Å². The van der Waals surface area contributed by atoms with Gasteiger partial charge in [-0.3, -0.25) is 0 Å². The summed E-state index contributed by atoms with van der Waals surface area (Å²) in [6, 6.07) is 2.49. The molecule has 0 amide bonds. The van der Waals surface area contributed by atoms with Gasteiger partial charge in [0, 0.05) is 22.6 Å². The standard InChI is InChI=1S/C14H19BrFNO3S/c1-9-3-4-10(2)17(7-9)21(19,20)13-6-12(15)5-11(8-18)14(13)16/h5-6,9-10,18H,3-4,7-8H2,1-2H3. The molecule has 118 valence electrons. The van der Waals surface area contributed by atoms with E-state index >= 15 is 0 Å². The Bertz CT molecular complexity index is 635. The predicted octanol–water partition coefficient (Wildman–Crippen LogP) is 2.89. The summed E-state index contributed by atoms with van der Waals surface area (Å²) in [6.45, 7) is 3.68. The van der Waals surface area contributed by atoms with Crippen molar-refractivity contribution >= 4 is 26.0 Å². The molecule has 2 rings (SSSR count). The number of hydrogen-bond donors (Lipinski definition) is 1. The lowest BCUT2D eigenvalue weighted by Gasteiger charge is -2.35. The van der Waals surface area contributed by atoms with Crippen LogP contribution in [0.5, 0.6) is 0 Å². The second-order valence-electron chi connectivity index (χ2n) is 5.64. The van der Waals surface area contributed by atoms with Gasteiger partial charge in [-0.05, 0) is 37.8 Å². The molecule has 1 fully saturated rings. The highest BCUT2D eigenvalue weighted by molar-refractivity contribution is 9.10. The fraction of sp³-hybridized carbons (Fsp3) is 0.571. The number of sulfonamides is 1. The zero-order valence-electron chi connectivity index (χ0n) is 12.0. The van der Waals surface area contributed by atoms with Crippen molar-refractivity contribution in [3.8, 4) is 0 Å². The van der Waals surface area contributed by atoms with Gasteiger partial charge in [-0.1, -0.05) is 22.9 Å². The number of aliphatic hydroxyl groups is 1. The van der Waals surface area contributed by atoms with Gasteiger partial charge in [-0.2, -0.15) is 4.31 Å². The van der Waals surface area contributed by atoms with Gasteiger partial charge in [-0.25, -0.2) is 12.8 Å². The van der Waals surface area contributed by atoms with Gasteiger partial charge in [0.15, 0.2) is 0 Å². The van der Waals surface area contributed by atoms with Crippen LogP contribution in [0.3, 0.4) is 0 Å². The summed E-state index contributed by atoms with van der Waals surface area (Å²) in [6.07, 6.45) is 1.74. The van der Waals surface area contributed by atoms with Gasteiger partial charge in [0.25, 0.3) is 0 Å². The highest BCUT2D eigenvalue weighted by Crippen LogP contribution is 2.31. The molecule has 1 aromatic carbocycles. The van der Waals surface area contributed by atoms with Crippen molar-refractivity contribution < 1.29 is 17.9 Å². The lowest BCUT2D eigenvalue weighted by atomic mass is 9.97. The minimum Gasteiger partial charge on any atom is -0.392 e. The monoisotopic (exact) mass is 379 g/mol. The van der Waals surface area contributed by atoms with E-state index in [2.05, 4.69) is 15.9 Å². The Labute approximate surface area is 133 Å². The van der Waals surface area contributed by atoms with Crippen LogP contribution in [0.15, 0.2) is 21.5 Å². The quantitative estimate of drug-likeness (QED) is 0.878. The van der Waals surface area contributed by atoms with Crippen molar-refractivity contribution in [2.45, 2.75) is 44.2 Å². The molecule has 0 radical (unpaired) electrons. The topological polar surface area (TPSA) is 57.6 Å². The number of piperidine rings is 1. The van der Waals surface area contributed by atoms with Crippen LogP contribution in [-0.4, -0.2) is 30.4 Å². The van der Waals surface area contributed by atoms with Gasteiger partial charge in [-0.15, -0.1) is 0 Å². The number of halogens is 2. The van der Waals surface area contributed by atoms with Crippen molar-refractivity contribution in [2.24, 2.45) is 5.92 Å². The number of nitrogens with zero attached hydrogens (tertiary/aromatic N) is 1. The van der Waals surface area contributed by atoms with Crippen LogP contribution in [-0.2, 0) is 16.6 Å². The van der Waals surface area contributed by atoms with E-state index in [1.54, 1.807) is 0 Å². The molecule has 1 aromatic rings. The smallest absolute Gasteiger partial charge is 0.246 e. The van der Waals surface area contributed by atoms with Crippen LogP contribution >= 0.6 is 15.9 Å². The van der Waals surface area contributed by atoms with Gasteiger partial charge in [0.1, 0.15) is 10.7 Å². The maximum atomic E-state index is 14.3. The fourth-order valence-corrected chi connectivity index (χ4v) is 5.20. The van der Waals surface area contributed by atoms with Crippen LogP contribution in [0, 0.1) is 11.7 Å². The lowest BCUT2D eigenvalue weighted by Crippen LogP contribution is -2.45. The second kappa shape index (κ2) is 6.32. The van der Waals surface area contributed by atoms with E-state index in [1.807, 2.05) is 13.8 Å². The minimum absolute atomic E-state index is 0.0272. The van der Waals surface area contributed by atoms with Crippen molar-refractivity contribution in [1.82, 2.24) is 4.31 Å². The third kappa shape index (κ3) is 3.31. The molecule has 0 aliphatic carbocycles. The number of rotatable bonds is 3.